The van der Waals surface area contributed by atoms with Gasteiger partial charge in [0.2, 0.25) is 0 Å². The van der Waals surface area contributed by atoms with E-state index in [0.29, 0.717) is 10.6 Å². The number of thiophene rings is 1. The zero-order chi connectivity index (χ0) is 19.6. The molecule has 1 atom stereocenters. The number of amides is 2. The van der Waals surface area contributed by atoms with E-state index >= 15 is 0 Å². The first-order valence-corrected chi connectivity index (χ1v) is 9.55. The summed E-state index contributed by atoms with van der Waals surface area (Å²) in [6.07, 6.45) is 3.76. The zero-order valence-electron chi connectivity index (χ0n) is 14.8. The molecule has 1 aromatic carbocycles. The summed E-state index contributed by atoms with van der Waals surface area (Å²) in [6.45, 7) is 1.49. The number of primary amides is 1. The van der Waals surface area contributed by atoms with Gasteiger partial charge in [-0.3, -0.25) is 9.59 Å². The fourth-order valence-corrected chi connectivity index (χ4v) is 4.41. The Hall–Kier alpha value is -2.48. The molecule has 1 heterocycles. The molecule has 0 radical (unpaired) electrons. The molecule has 0 aliphatic heterocycles. The second-order valence-electron chi connectivity index (χ2n) is 6.46. The topological polar surface area (TPSA) is 81.4 Å². The minimum Gasteiger partial charge on any atom is -0.481 e. The fraction of sp³-hybridized carbons (Fsp3) is 0.368. The molecular weight excluding hydrogens is 374 g/mol. The van der Waals surface area contributed by atoms with Crippen molar-refractivity contribution in [1.29, 1.82) is 0 Å². The first-order valence-electron chi connectivity index (χ1n) is 8.73. The van der Waals surface area contributed by atoms with Crippen molar-refractivity contribution in [2.45, 2.75) is 45.1 Å². The highest BCUT2D eigenvalue weighted by Gasteiger charge is 2.26. The summed E-state index contributed by atoms with van der Waals surface area (Å²) in [5.74, 6) is -3.09. The first kappa shape index (κ1) is 19.3. The molecule has 1 aliphatic carbocycles. The quantitative estimate of drug-likeness (QED) is 0.757. The van der Waals surface area contributed by atoms with Crippen molar-refractivity contribution < 1.29 is 23.1 Å². The number of anilines is 1. The van der Waals surface area contributed by atoms with Crippen LogP contribution in [0.25, 0.3) is 0 Å². The van der Waals surface area contributed by atoms with Gasteiger partial charge in [0.25, 0.3) is 11.8 Å². The summed E-state index contributed by atoms with van der Waals surface area (Å²) in [7, 11) is 0. The Morgan fingerprint density at radius 3 is 2.63 bits per heavy atom. The maximum absolute atomic E-state index is 13.3. The maximum atomic E-state index is 13.3. The van der Waals surface area contributed by atoms with E-state index in [1.54, 1.807) is 0 Å². The summed E-state index contributed by atoms with van der Waals surface area (Å²) in [4.78, 5) is 25.5. The number of ether oxygens (including phenoxy) is 1. The molecule has 0 saturated heterocycles. The molecule has 3 N–H and O–H groups in total. The molecule has 27 heavy (non-hydrogen) atoms. The molecule has 1 aliphatic rings. The van der Waals surface area contributed by atoms with Gasteiger partial charge in [-0.2, -0.15) is 0 Å². The molecule has 0 spiro atoms. The van der Waals surface area contributed by atoms with Gasteiger partial charge in [-0.25, -0.2) is 8.78 Å². The summed E-state index contributed by atoms with van der Waals surface area (Å²) < 4.78 is 31.6. The van der Waals surface area contributed by atoms with Crippen LogP contribution in [-0.2, 0) is 17.6 Å². The number of carbonyl (C=O) groups excluding carboxylic acids is 2. The Balaban J connectivity index is 1.76. The molecule has 8 heteroatoms. The van der Waals surface area contributed by atoms with Crippen LogP contribution in [0.15, 0.2) is 18.2 Å². The molecule has 1 aromatic heterocycles. The van der Waals surface area contributed by atoms with Gasteiger partial charge in [-0.05, 0) is 50.3 Å². The van der Waals surface area contributed by atoms with Crippen molar-refractivity contribution >= 4 is 28.2 Å². The number of rotatable bonds is 5. The molecule has 0 saturated carbocycles. The van der Waals surface area contributed by atoms with E-state index in [4.69, 9.17) is 10.5 Å². The monoisotopic (exact) mass is 394 g/mol. The van der Waals surface area contributed by atoms with Crippen LogP contribution in [0.1, 0.15) is 47.0 Å². The second-order valence-corrected chi connectivity index (χ2v) is 7.56. The number of fused-ring (bicyclic) bond motifs is 1. The van der Waals surface area contributed by atoms with Gasteiger partial charge >= 0.3 is 0 Å². The van der Waals surface area contributed by atoms with Crippen molar-refractivity contribution in [1.82, 2.24) is 0 Å². The van der Waals surface area contributed by atoms with Gasteiger partial charge in [-0.15, -0.1) is 11.3 Å². The minimum absolute atomic E-state index is 0.0358. The summed E-state index contributed by atoms with van der Waals surface area (Å²) >= 11 is 1.36. The highest BCUT2D eigenvalue weighted by molar-refractivity contribution is 7.17. The number of halogens is 2. The van der Waals surface area contributed by atoms with E-state index in [1.165, 1.54) is 24.3 Å². The van der Waals surface area contributed by atoms with E-state index in [2.05, 4.69) is 5.32 Å². The molecule has 1 unspecified atom stereocenters. The lowest BCUT2D eigenvalue weighted by molar-refractivity contribution is -0.122. The van der Waals surface area contributed by atoms with Gasteiger partial charge in [-0.1, -0.05) is 6.42 Å². The summed E-state index contributed by atoms with van der Waals surface area (Å²) in [6, 6.07) is 3.04. The smallest absolute Gasteiger partial charge is 0.265 e. The predicted molar refractivity (Wildman–Crippen MR) is 99.2 cm³/mol. The lowest BCUT2D eigenvalue weighted by atomic mass is 10.1. The summed E-state index contributed by atoms with van der Waals surface area (Å²) in [5, 5.41) is 3.12. The van der Waals surface area contributed by atoms with Gasteiger partial charge in [0.1, 0.15) is 10.8 Å². The molecule has 3 rings (SSSR count). The highest BCUT2D eigenvalue weighted by atomic mass is 32.1. The van der Waals surface area contributed by atoms with Gasteiger partial charge in [0.05, 0.1) is 5.56 Å². The van der Waals surface area contributed by atoms with Crippen molar-refractivity contribution in [3.8, 4) is 5.75 Å². The third-order valence-electron chi connectivity index (χ3n) is 4.48. The first-order chi connectivity index (χ1) is 12.9. The largest absolute Gasteiger partial charge is 0.481 e. The van der Waals surface area contributed by atoms with Gasteiger partial charge in [0.15, 0.2) is 17.7 Å². The summed E-state index contributed by atoms with van der Waals surface area (Å²) in [5.41, 5.74) is 6.84. The van der Waals surface area contributed by atoms with Crippen LogP contribution in [-0.4, -0.2) is 17.9 Å². The van der Waals surface area contributed by atoms with E-state index in [-0.39, 0.29) is 5.75 Å². The average Bonchev–Trinajstić information content (AvgIpc) is 2.79. The van der Waals surface area contributed by atoms with E-state index in [1.807, 2.05) is 0 Å². The Kier molecular flexibility index (Phi) is 5.74. The normalized spacial score (nSPS) is 14.8. The average molecular weight is 394 g/mol. The highest BCUT2D eigenvalue weighted by Crippen LogP contribution is 2.37. The Labute approximate surface area is 159 Å². The third-order valence-corrected chi connectivity index (χ3v) is 5.68. The second kappa shape index (κ2) is 8.04. The Morgan fingerprint density at radius 2 is 1.93 bits per heavy atom. The standard InChI is InChI=1S/C19H20F2N2O3S/c1-10(26-11-7-8-13(20)14(21)9-11)18(25)23-19-16(17(22)24)12-5-3-2-4-6-15(12)27-19/h7-10H,2-6H2,1H3,(H2,22,24)(H,23,25). The Morgan fingerprint density at radius 1 is 1.19 bits per heavy atom. The SMILES string of the molecule is CC(Oc1ccc(F)c(F)c1)C(=O)Nc1sc2c(c1C(N)=O)CCCCC2. The molecule has 2 aromatic rings. The predicted octanol–water partition coefficient (Wildman–Crippen LogP) is 3.80. The number of aryl methyl sites for hydroxylation is 1. The van der Waals surface area contributed by atoms with E-state index < -0.39 is 29.6 Å². The Bertz CT molecular complexity index is 882. The third kappa shape index (κ3) is 4.27. The number of hydrogen-bond donors (Lipinski definition) is 2. The molecule has 144 valence electrons. The van der Waals surface area contributed by atoms with Crippen LogP contribution in [0.2, 0.25) is 0 Å². The maximum Gasteiger partial charge on any atom is 0.265 e. The molecule has 0 bridgehead atoms. The van der Waals surface area contributed by atoms with Gasteiger partial charge in [0, 0.05) is 10.9 Å². The molecule has 0 fully saturated rings. The lowest BCUT2D eigenvalue weighted by Gasteiger charge is -2.15. The number of benzene rings is 1. The van der Waals surface area contributed by atoms with Crippen LogP contribution in [0.5, 0.6) is 5.75 Å². The lowest BCUT2D eigenvalue weighted by Crippen LogP contribution is -2.30. The van der Waals surface area contributed by atoms with Gasteiger partial charge < -0.3 is 15.8 Å². The molecule has 5 nitrogen and oxygen atoms in total. The number of hydrogen-bond acceptors (Lipinski definition) is 4. The van der Waals surface area contributed by atoms with Crippen molar-refractivity contribution in [3.63, 3.8) is 0 Å². The van der Waals surface area contributed by atoms with Crippen LogP contribution in [0.4, 0.5) is 13.8 Å². The van der Waals surface area contributed by atoms with Crippen LogP contribution < -0.4 is 15.8 Å². The fourth-order valence-electron chi connectivity index (χ4n) is 3.11. The number of carbonyl (C=O) groups is 2. The van der Waals surface area contributed by atoms with Crippen LogP contribution >= 0.6 is 11.3 Å². The van der Waals surface area contributed by atoms with Crippen molar-refractivity contribution in [2.24, 2.45) is 5.73 Å². The molecule has 2 amide bonds. The van der Waals surface area contributed by atoms with Crippen LogP contribution in [0, 0.1) is 11.6 Å². The van der Waals surface area contributed by atoms with Crippen LogP contribution in [0.3, 0.4) is 0 Å². The minimum atomic E-state index is -1.06. The van der Waals surface area contributed by atoms with Crippen molar-refractivity contribution in [2.75, 3.05) is 5.32 Å². The van der Waals surface area contributed by atoms with E-state index in [0.717, 1.165) is 54.7 Å². The number of nitrogens with two attached hydrogens (primary N) is 1. The molecular formula is C19H20F2N2O3S. The zero-order valence-corrected chi connectivity index (χ0v) is 15.6. The van der Waals surface area contributed by atoms with E-state index in [9.17, 15) is 18.4 Å². The number of nitrogens with one attached hydrogen (secondary N) is 1. The van der Waals surface area contributed by atoms with Crippen molar-refractivity contribution in [3.05, 3.63) is 45.8 Å².